The van der Waals surface area contributed by atoms with Crippen LogP contribution < -0.4 is 15.5 Å². The van der Waals surface area contributed by atoms with Crippen LogP contribution in [0.1, 0.15) is 12.5 Å². The van der Waals surface area contributed by atoms with Crippen LogP contribution in [0.3, 0.4) is 0 Å². The molecule has 0 aliphatic heterocycles. The molecule has 0 spiro atoms. The van der Waals surface area contributed by atoms with Crippen molar-refractivity contribution in [2.24, 2.45) is 5.10 Å². The Labute approximate surface area is 143 Å². The Morgan fingerprint density at radius 1 is 1.26 bits per heavy atom. The molecule has 2 aromatic rings. The average Bonchev–Trinajstić information content (AvgIpc) is 2.57. The number of anilines is 1. The van der Waals surface area contributed by atoms with E-state index in [1.165, 1.54) is 0 Å². The van der Waals surface area contributed by atoms with E-state index >= 15 is 0 Å². The molecule has 1 amide bonds. The highest BCUT2D eigenvalue weighted by Crippen LogP contribution is 2.15. The van der Waals surface area contributed by atoms with Gasteiger partial charge in [0, 0.05) is 10.2 Å². The van der Waals surface area contributed by atoms with Crippen LogP contribution in [0.25, 0.3) is 0 Å². The topological polar surface area (TPSA) is 62.7 Å². The SMILES string of the molecule is COc1cccc(/C=N\NC(=O)[C@@H](C)Nc2ccc(Br)cc2)c1. The van der Waals surface area contributed by atoms with Crippen LogP contribution in [0.4, 0.5) is 5.69 Å². The van der Waals surface area contributed by atoms with E-state index < -0.39 is 6.04 Å². The Bertz CT molecular complexity index is 686. The Kier molecular flexibility index (Phi) is 6.17. The summed E-state index contributed by atoms with van der Waals surface area (Å²) in [6, 6.07) is 14.6. The van der Waals surface area contributed by atoms with E-state index in [1.54, 1.807) is 20.2 Å². The van der Waals surface area contributed by atoms with E-state index in [9.17, 15) is 4.79 Å². The van der Waals surface area contributed by atoms with Gasteiger partial charge in [-0.3, -0.25) is 4.79 Å². The van der Waals surface area contributed by atoms with Crippen molar-refractivity contribution in [2.75, 3.05) is 12.4 Å². The van der Waals surface area contributed by atoms with Crippen LogP contribution in [0, 0.1) is 0 Å². The maximum atomic E-state index is 12.0. The number of hydrogen-bond donors (Lipinski definition) is 2. The first kappa shape index (κ1) is 17.0. The van der Waals surface area contributed by atoms with Gasteiger partial charge in [0.2, 0.25) is 0 Å². The zero-order chi connectivity index (χ0) is 16.7. The van der Waals surface area contributed by atoms with E-state index in [-0.39, 0.29) is 5.91 Å². The molecule has 23 heavy (non-hydrogen) atoms. The highest BCUT2D eigenvalue weighted by molar-refractivity contribution is 9.10. The van der Waals surface area contributed by atoms with Gasteiger partial charge in [-0.05, 0) is 48.9 Å². The van der Waals surface area contributed by atoms with Crippen LogP contribution in [0.5, 0.6) is 5.75 Å². The molecule has 0 fully saturated rings. The molecule has 0 radical (unpaired) electrons. The van der Waals surface area contributed by atoms with Gasteiger partial charge in [0.25, 0.3) is 5.91 Å². The molecule has 120 valence electrons. The summed E-state index contributed by atoms with van der Waals surface area (Å²) in [5.41, 5.74) is 4.23. The summed E-state index contributed by atoms with van der Waals surface area (Å²) in [7, 11) is 1.60. The van der Waals surface area contributed by atoms with Gasteiger partial charge >= 0.3 is 0 Å². The van der Waals surface area contributed by atoms with Crippen molar-refractivity contribution in [1.82, 2.24) is 5.43 Å². The zero-order valence-corrected chi connectivity index (χ0v) is 14.5. The highest BCUT2D eigenvalue weighted by Gasteiger charge is 2.11. The van der Waals surface area contributed by atoms with Gasteiger partial charge in [-0.2, -0.15) is 5.10 Å². The van der Waals surface area contributed by atoms with Gasteiger partial charge in [-0.15, -0.1) is 0 Å². The van der Waals surface area contributed by atoms with Crippen molar-refractivity contribution in [3.05, 3.63) is 58.6 Å². The number of carbonyl (C=O) groups excluding carboxylic acids is 1. The Balaban J connectivity index is 1.88. The van der Waals surface area contributed by atoms with Crippen molar-refractivity contribution in [3.8, 4) is 5.75 Å². The molecule has 0 saturated carbocycles. The number of hydrazone groups is 1. The van der Waals surface area contributed by atoms with Gasteiger partial charge in [-0.1, -0.05) is 28.1 Å². The first-order chi connectivity index (χ1) is 11.1. The van der Waals surface area contributed by atoms with Crippen molar-refractivity contribution in [2.45, 2.75) is 13.0 Å². The molecule has 2 rings (SSSR count). The predicted octanol–water partition coefficient (Wildman–Crippen LogP) is 3.41. The van der Waals surface area contributed by atoms with Gasteiger partial charge in [0.15, 0.2) is 0 Å². The minimum Gasteiger partial charge on any atom is -0.497 e. The predicted molar refractivity (Wildman–Crippen MR) is 96.0 cm³/mol. The molecule has 0 bridgehead atoms. The van der Waals surface area contributed by atoms with Crippen LogP contribution in [0.2, 0.25) is 0 Å². The Morgan fingerprint density at radius 3 is 2.70 bits per heavy atom. The minimum absolute atomic E-state index is 0.216. The number of nitrogens with one attached hydrogen (secondary N) is 2. The number of benzene rings is 2. The zero-order valence-electron chi connectivity index (χ0n) is 12.9. The van der Waals surface area contributed by atoms with Crippen LogP contribution in [-0.4, -0.2) is 25.3 Å². The molecule has 6 heteroatoms. The summed E-state index contributed by atoms with van der Waals surface area (Å²) in [4.78, 5) is 12.0. The molecule has 0 aromatic heterocycles. The maximum absolute atomic E-state index is 12.0. The third kappa shape index (κ3) is 5.41. The average molecular weight is 376 g/mol. The molecular formula is C17H18BrN3O2. The lowest BCUT2D eigenvalue weighted by Gasteiger charge is -2.13. The van der Waals surface area contributed by atoms with Crippen LogP contribution in [-0.2, 0) is 4.79 Å². The van der Waals surface area contributed by atoms with Crippen LogP contribution >= 0.6 is 15.9 Å². The van der Waals surface area contributed by atoms with Crippen molar-refractivity contribution >= 4 is 33.7 Å². The normalized spacial score (nSPS) is 12.0. The van der Waals surface area contributed by atoms with Crippen molar-refractivity contribution in [3.63, 3.8) is 0 Å². The number of rotatable bonds is 6. The van der Waals surface area contributed by atoms with Gasteiger partial charge in [0.05, 0.1) is 13.3 Å². The quantitative estimate of drug-likeness (QED) is 0.600. The second-order valence-electron chi connectivity index (χ2n) is 4.88. The fraction of sp³-hybridized carbons (Fsp3) is 0.176. The van der Waals surface area contributed by atoms with E-state index in [1.807, 2.05) is 48.5 Å². The fourth-order valence-electron chi connectivity index (χ4n) is 1.85. The Hall–Kier alpha value is -2.34. The van der Waals surface area contributed by atoms with E-state index in [0.29, 0.717) is 0 Å². The summed E-state index contributed by atoms with van der Waals surface area (Å²) in [6.45, 7) is 1.78. The second-order valence-corrected chi connectivity index (χ2v) is 5.80. The number of nitrogens with zero attached hydrogens (tertiary/aromatic N) is 1. The summed E-state index contributed by atoms with van der Waals surface area (Å²) in [5.74, 6) is 0.526. The summed E-state index contributed by atoms with van der Waals surface area (Å²) < 4.78 is 6.12. The fourth-order valence-corrected chi connectivity index (χ4v) is 2.12. The molecule has 0 heterocycles. The third-order valence-electron chi connectivity index (χ3n) is 3.10. The monoisotopic (exact) mass is 375 g/mol. The smallest absolute Gasteiger partial charge is 0.262 e. The summed E-state index contributed by atoms with van der Waals surface area (Å²) in [5, 5.41) is 7.08. The minimum atomic E-state index is -0.404. The summed E-state index contributed by atoms with van der Waals surface area (Å²) >= 11 is 3.37. The van der Waals surface area contributed by atoms with Gasteiger partial charge < -0.3 is 10.1 Å². The lowest BCUT2D eigenvalue weighted by Crippen LogP contribution is -2.34. The first-order valence-corrected chi connectivity index (χ1v) is 7.87. The molecule has 0 saturated heterocycles. The molecule has 5 nitrogen and oxygen atoms in total. The number of hydrogen-bond acceptors (Lipinski definition) is 4. The van der Waals surface area contributed by atoms with E-state index in [0.717, 1.165) is 21.5 Å². The van der Waals surface area contributed by atoms with Gasteiger partial charge in [-0.25, -0.2) is 5.43 Å². The molecule has 0 unspecified atom stereocenters. The number of carbonyl (C=O) groups is 1. The Morgan fingerprint density at radius 2 is 2.00 bits per heavy atom. The number of halogens is 1. The lowest BCUT2D eigenvalue weighted by molar-refractivity contribution is -0.121. The van der Waals surface area contributed by atoms with Crippen molar-refractivity contribution in [1.29, 1.82) is 0 Å². The standard InChI is InChI=1S/C17H18BrN3O2/c1-12(20-15-8-6-14(18)7-9-15)17(22)21-19-11-13-4-3-5-16(10-13)23-2/h3-12,20H,1-2H3,(H,21,22)/b19-11-/t12-/m1/s1. The van der Waals surface area contributed by atoms with E-state index in [4.69, 9.17) is 4.74 Å². The molecule has 2 N–H and O–H groups in total. The maximum Gasteiger partial charge on any atom is 0.262 e. The largest absolute Gasteiger partial charge is 0.497 e. The van der Waals surface area contributed by atoms with Crippen molar-refractivity contribution < 1.29 is 9.53 Å². The molecule has 2 aromatic carbocycles. The molecule has 0 aliphatic carbocycles. The third-order valence-corrected chi connectivity index (χ3v) is 3.63. The van der Waals surface area contributed by atoms with Gasteiger partial charge in [0.1, 0.15) is 11.8 Å². The second kappa shape index (κ2) is 8.33. The lowest BCUT2D eigenvalue weighted by atomic mass is 10.2. The first-order valence-electron chi connectivity index (χ1n) is 7.07. The van der Waals surface area contributed by atoms with E-state index in [2.05, 4.69) is 31.8 Å². The van der Waals surface area contributed by atoms with Crippen LogP contribution in [0.15, 0.2) is 58.1 Å². The highest BCUT2D eigenvalue weighted by atomic mass is 79.9. The number of amides is 1. The molecular weight excluding hydrogens is 358 g/mol. The molecule has 1 atom stereocenters. The number of methoxy groups -OCH3 is 1. The molecule has 0 aliphatic rings. The summed E-state index contributed by atoms with van der Waals surface area (Å²) in [6.07, 6.45) is 1.58. The number of ether oxygens (including phenoxy) is 1.